The molecule has 7 heteroatoms. The molecule has 1 aromatic rings. The van der Waals surface area contributed by atoms with Crippen molar-refractivity contribution < 1.29 is 14.3 Å². The van der Waals surface area contributed by atoms with Crippen molar-refractivity contribution in [2.24, 2.45) is 46.3 Å². The fraction of sp³-hybridized carbons (Fsp3) is 0.730. The van der Waals surface area contributed by atoms with Crippen LogP contribution in [0.2, 0.25) is 0 Å². The van der Waals surface area contributed by atoms with Gasteiger partial charge in [0.05, 0.1) is 5.56 Å². The van der Waals surface area contributed by atoms with Crippen molar-refractivity contribution in [1.29, 1.82) is 0 Å². The first-order valence-corrected chi connectivity index (χ1v) is 20.3. The van der Waals surface area contributed by atoms with E-state index in [1.165, 1.54) is 56.9 Å². The second-order valence-electron chi connectivity index (χ2n) is 15.5. The third-order valence-corrected chi connectivity index (χ3v) is 16.1. The van der Waals surface area contributed by atoms with E-state index in [2.05, 4.69) is 114 Å². The standard InChI is InChI=1S/C37H52I3NO3/c1-21(2)8-7-9-22(3)29-12-13-30-27-11-10-24-18-26(14-16-36(24,5)31(27)15-17-37(29,30)6)44-35(43)23(4)41-34(42)28-19-25(38)20-32(39)33(28)40/h10,19-23,26-27,29-31H,7-9,11-18H2,1-6H3,(H,41,42)/t22-,23+,26+,27?,29-,30?,31?,36+,37-/m1/s1. The number of rotatable bonds is 9. The van der Waals surface area contributed by atoms with E-state index in [1.807, 2.05) is 12.1 Å². The van der Waals surface area contributed by atoms with Gasteiger partial charge in [-0.2, -0.15) is 0 Å². The molecule has 1 N–H and O–H groups in total. The highest BCUT2D eigenvalue weighted by atomic mass is 127. The lowest BCUT2D eigenvalue weighted by atomic mass is 9.47. The molecule has 4 aliphatic carbocycles. The Bertz CT molecular complexity index is 1280. The third kappa shape index (κ3) is 7.09. The number of hydrogen-bond acceptors (Lipinski definition) is 3. The number of nitrogens with one attached hydrogen (secondary N) is 1. The first kappa shape index (κ1) is 35.4. The molecule has 0 bridgehead atoms. The highest BCUT2D eigenvalue weighted by Crippen LogP contribution is 2.67. The summed E-state index contributed by atoms with van der Waals surface area (Å²) in [5, 5.41) is 2.89. The van der Waals surface area contributed by atoms with E-state index in [4.69, 9.17) is 4.74 Å². The van der Waals surface area contributed by atoms with E-state index >= 15 is 0 Å². The third-order valence-electron chi connectivity index (χ3n) is 12.5. The Morgan fingerprint density at radius 2 is 1.73 bits per heavy atom. The van der Waals surface area contributed by atoms with Crippen LogP contribution in [-0.4, -0.2) is 24.0 Å². The number of allylic oxidation sites excluding steroid dienone is 1. The van der Waals surface area contributed by atoms with Gasteiger partial charge in [-0.25, -0.2) is 4.79 Å². The van der Waals surface area contributed by atoms with Crippen molar-refractivity contribution in [2.75, 3.05) is 0 Å². The summed E-state index contributed by atoms with van der Waals surface area (Å²) < 4.78 is 9.01. The van der Waals surface area contributed by atoms with Crippen molar-refractivity contribution in [3.05, 3.63) is 40.1 Å². The Kier molecular flexibility index (Phi) is 11.5. The summed E-state index contributed by atoms with van der Waals surface area (Å²) in [4.78, 5) is 26.2. The van der Waals surface area contributed by atoms with Crippen LogP contribution in [0.1, 0.15) is 123 Å². The minimum absolute atomic E-state index is 0.104. The SMILES string of the molecule is CC(C)CCC[C@@H](C)[C@H]1CCC2C3CC=C4C[C@@H](OC(=O)[C@H](C)NC(=O)c5cc(I)cc(I)c5I)CC[C@]4(C)C3CC[C@@]21C. The minimum Gasteiger partial charge on any atom is -0.461 e. The number of benzene rings is 1. The molecule has 0 aromatic heterocycles. The lowest BCUT2D eigenvalue weighted by molar-refractivity contribution is -0.153. The van der Waals surface area contributed by atoms with Crippen LogP contribution in [-0.2, 0) is 9.53 Å². The number of amides is 1. The Balaban J connectivity index is 1.19. The van der Waals surface area contributed by atoms with Gasteiger partial charge in [0.2, 0.25) is 0 Å². The van der Waals surface area contributed by atoms with Gasteiger partial charge in [0.25, 0.3) is 5.91 Å². The molecule has 3 unspecified atom stereocenters. The van der Waals surface area contributed by atoms with Gasteiger partial charge in [0, 0.05) is 17.1 Å². The number of carbonyl (C=O) groups is 2. The highest BCUT2D eigenvalue weighted by Gasteiger charge is 2.59. The smallest absolute Gasteiger partial charge is 0.328 e. The number of esters is 1. The summed E-state index contributed by atoms with van der Waals surface area (Å²) >= 11 is 6.67. The van der Waals surface area contributed by atoms with Gasteiger partial charge in [0.15, 0.2) is 0 Å². The lowest BCUT2D eigenvalue weighted by Crippen LogP contribution is -2.51. The number of fused-ring (bicyclic) bond motifs is 5. The van der Waals surface area contributed by atoms with Crippen molar-refractivity contribution in [2.45, 2.75) is 124 Å². The topological polar surface area (TPSA) is 55.4 Å². The number of hydrogen-bond donors (Lipinski definition) is 1. The van der Waals surface area contributed by atoms with E-state index in [9.17, 15) is 9.59 Å². The summed E-state index contributed by atoms with van der Waals surface area (Å²) in [7, 11) is 0. The van der Waals surface area contributed by atoms with Crippen LogP contribution in [0, 0.1) is 57.0 Å². The molecule has 244 valence electrons. The molecule has 5 rings (SSSR count). The number of ether oxygens (including phenoxy) is 1. The summed E-state index contributed by atoms with van der Waals surface area (Å²) in [6.07, 6.45) is 16.2. The van der Waals surface area contributed by atoms with Crippen LogP contribution in [0.3, 0.4) is 0 Å². The van der Waals surface area contributed by atoms with Crippen LogP contribution in [0.15, 0.2) is 23.8 Å². The highest BCUT2D eigenvalue weighted by molar-refractivity contribution is 14.1. The summed E-state index contributed by atoms with van der Waals surface area (Å²) in [6, 6.07) is 3.23. The Morgan fingerprint density at radius 3 is 2.45 bits per heavy atom. The van der Waals surface area contributed by atoms with Gasteiger partial charge in [-0.05, 0) is 178 Å². The zero-order valence-electron chi connectivity index (χ0n) is 27.5. The molecule has 44 heavy (non-hydrogen) atoms. The number of halogens is 3. The molecule has 0 spiro atoms. The molecule has 3 saturated carbocycles. The first-order valence-electron chi connectivity index (χ1n) is 17.1. The van der Waals surface area contributed by atoms with Gasteiger partial charge in [0.1, 0.15) is 12.1 Å². The maximum absolute atomic E-state index is 13.1. The quantitative estimate of drug-likeness (QED) is 0.116. The second-order valence-corrected chi connectivity index (χ2v) is 19.0. The van der Waals surface area contributed by atoms with Gasteiger partial charge < -0.3 is 10.1 Å². The Labute approximate surface area is 307 Å². The van der Waals surface area contributed by atoms with Crippen molar-refractivity contribution in [3.8, 4) is 0 Å². The summed E-state index contributed by atoms with van der Waals surface area (Å²) in [5.41, 5.74) is 2.87. The molecule has 4 aliphatic rings. The van der Waals surface area contributed by atoms with Gasteiger partial charge in [-0.3, -0.25) is 4.79 Å². The van der Waals surface area contributed by atoms with E-state index in [0.29, 0.717) is 11.0 Å². The van der Waals surface area contributed by atoms with Crippen molar-refractivity contribution in [1.82, 2.24) is 5.32 Å². The van der Waals surface area contributed by atoms with Crippen molar-refractivity contribution >= 4 is 79.6 Å². The molecule has 0 radical (unpaired) electrons. The molecule has 0 aliphatic heterocycles. The van der Waals surface area contributed by atoms with E-state index < -0.39 is 6.04 Å². The minimum atomic E-state index is -0.689. The fourth-order valence-electron chi connectivity index (χ4n) is 10.1. The average Bonchev–Trinajstić information content (AvgIpc) is 3.32. The van der Waals surface area contributed by atoms with Gasteiger partial charge in [-0.15, -0.1) is 0 Å². The number of carbonyl (C=O) groups excluding carboxylic acids is 2. The van der Waals surface area contributed by atoms with Crippen LogP contribution in [0.5, 0.6) is 0 Å². The van der Waals surface area contributed by atoms with Crippen LogP contribution in [0.25, 0.3) is 0 Å². The van der Waals surface area contributed by atoms with Crippen LogP contribution < -0.4 is 5.32 Å². The zero-order valence-corrected chi connectivity index (χ0v) is 34.0. The molecule has 1 aromatic carbocycles. The van der Waals surface area contributed by atoms with Crippen LogP contribution >= 0.6 is 67.8 Å². The predicted octanol–water partition coefficient (Wildman–Crippen LogP) is 10.6. The van der Waals surface area contributed by atoms with E-state index in [-0.39, 0.29) is 23.4 Å². The van der Waals surface area contributed by atoms with Crippen LogP contribution in [0.4, 0.5) is 0 Å². The molecular weight excluding hydrogens is 887 g/mol. The largest absolute Gasteiger partial charge is 0.461 e. The Morgan fingerprint density at radius 1 is 0.977 bits per heavy atom. The normalized spacial score (nSPS) is 34.3. The summed E-state index contributed by atoms with van der Waals surface area (Å²) in [5.74, 6) is 4.39. The maximum atomic E-state index is 13.1. The van der Waals surface area contributed by atoms with Gasteiger partial charge in [-0.1, -0.05) is 65.5 Å². The summed E-state index contributed by atoms with van der Waals surface area (Å²) in [6.45, 7) is 14.2. The van der Waals surface area contributed by atoms with Crippen molar-refractivity contribution in [3.63, 3.8) is 0 Å². The molecule has 9 atom stereocenters. The molecule has 0 heterocycles. The predicted molar refractivity (Wildman–Crippen MR) is 204 cm³/mol. The van der Waals surface area contributed by atoms with E-state index in [1.54, 1.807) is 6.92 Å². The first-order chi connectivity index (χ1) is 20.7. The maximum Gasteiger partial charge on any atom is 0.328 e. The molecular formula is C37H52I3NO3. The lowest BCUT2D eigenvalue weighted by Gasteiger charge is -2.58. The molecule has 0 saturated heterocycles. The zero-order chi connectivity index (χ0) is 32.0. The molecule has 3 fully saturated rings. The molecule has 1 amide bonds. The second kappa shape index (κ2) is 14.3. The average molecular weight is 940 g/mol. The fourth-order valence-corrected chi connectivity index (χ4v) is 12.5. The van der Waals surface area contributed by atoms with Gasteiger partial charge >= 0.3 is 5.97 Å². The van der Waals surface area contributed by atoms with E-state index in [0.717, 1.165) is 65.5 Å². The Hall–Kier alpha value is 0.0900. The monoisotopic (exact) mass is 939 g/mol. The molecule has 4 nitrogen and oxygen atoms in total.